The molecule has 3 nitrogen and oxygen atoms in total. The van der Waals surface area contributed by atoms with E-state index in [4.69, 9.17) is 10.5 Å². The first-order valence-corrected chi connectivity index (χ1v) is 5.62. The van der Waals surface area contributed by atoms with Gasteiger partial charge in [0.05, 0.1) is 11.6 Å². The largest absolute Gasteiger partial charge is 0.384 e. The van der Waals surface area contributed by atoms with Crippen LogP contribution in [0.2, 0.25) is 0 Å². The molecule has 0 spiro atoms. The van der Waals surface area contributed by atoms with Crippen LogP contribution in [0, 0.1) is 0 Å². The average Bonchev–Trinajstić information content (AvgIpc) is 2.21. The van der Waals surface area contributed by atoms with E-state index in [-0.39, 0.29) is 0 Å². The topological polar surface area (TPSA) is 48.1 Å². The third-order valence-electron chi connectivity index (χ3n) is 1.77. The van der Waals surface area contributed by atoms with Crippen LogP contribution in [-0.4, -0.2) is 31.0 Å². The smallest absolute Gasteiger partial charge is 0.0960 e. The van der Waals surface area contributed by atoms with Crippen molar-refractivity contribution in [1.29, 1.82) is 0 Å². The maximum atomic E-state index is 5.45. The van der Waals surface area contributed by atoms with Gasteiger partial charge in [-0.25, -0.2) is 4.98 Å². The van der Waals surface area contributed by atoms with E-state index in [1.54, 1.807) is 18.9 Å². The van der Waals surface area contributed by atoms with Crippen molar-refractivity contribution < 1.29 is 4.74 Å². The first-order chi connectivity index (χ1) is 6.86. The highest BCUT2D eigenvalue weighted by molar-refractivity contribution is 7.99. The summed E-state index contributed by atoms with van der Waals surface area (Å²) in [5, 5.41) is 1.04. The lowest BCUT2D eigenvalue weighted by Gasteiger charge is -2.01. The van der Waals surface area contributed by atoms with Gasteiger partial charge in [0.15, 0.2) is 0 Å². The SMILES string of the molecule is COCCSc1ccc(CCN)cn1. The van der Waals surface area contributed by atoms with E-state index < -0.39 is 0 Å². The summed E-state index contributed by atoms with van der Waals surface area (Å²) in [4.78, 5) is 4.32. The van der Waals surface area contributed by atoms with E-state index in [9.17, 15) is 0 Å². The number of nitrogens with two attached hydrogens (primary N) is 1. The van der Waals surface area contributed by atoms with Crippen LogP contribution in [0.15, 0.2) is 23.4 Å². The predicted octanol–water partition coefficient (Wildman–Crippen LogP) is 1.32. The fourth-order valence-corrected chi connectivity index (χ4v) is 1.79. The number of rotatable bonds is 6. The summed E-state index contributed by atoms with van der Waals surface area (Å²) in [5.74, 6) is 0.944. The van der Waals surface area contributed by atoms with Gasteiger partial charge in [-0.15, -0.1) is 11.8 Å². The molecule has 0 bridgehead atoms. The fourth-order valence-electron chi connectivity index (χ4n) is 1.04. The second-order valence-corrected chi connectivity index (χ2v) is 4.00. The highest BCUT2D eigenvalue weighted by atomic mass is 32.2. The minimum absolute atomic E-state index is 0.678. The molecule has 14 heavy (non-hydrogen) atoms. The average molecular weight is 212 g/mol. The molecule has 1 aromatic rings. The standard InChI is InChI=1S/C10H16N2OS/c1-13-6-7-14-10-3-2-9(4-5-11)8-12-10/h2-3,8H,4-7,11H2,1H3. The van der Waals surface area contributed by atoms with Crippen LogP contribution < -0.4 is 5.73 Å². The molecule has 0 fully saturated rings. The molecule has 0 saturated heterocycles. The third-order valence-corrected chi connectivity index (χ3v) is 2.68. The van der Waals surface area contributed by atoms with Crippen molar-refractivity contribution in [3.63, 3.8) is 0 Å². The predicted molar refractivity (Wildman–Crippen MR) is 59.6 cm³/mol. The van der Waals surface area contributed by atoms with Gasteiger partial charge in [0, 0.05) is 19.1 Å². The van der Waals surface area contributed by atoms with E-state index in [1.807, 2.05) is 12.3 Å². The summed E-state index contributed by atoms with van der Waals surface area (Å²) in [6, 6.07) is 4.11. The van der Waals surface area contributed by atoms with Crippen molar-refractivity contribution in [2.75, 3.05) is 26.0 Å². The number of hydrogen-bond acceptors (Lipinski definition) is 4. The molecule has 1 heterocycles. The van der Waals surface area contributed by atoms with Crippen molar-refractivity contribution in [3.8, 4) is 0 Å². The molecular weight excluding hydrogens is 196 g/mol. The van der Waals surface area contributed by atoms with Crippen LogP contribution in [-0.2, 0) is 11.2 Å². The molecule has 0 atom stereocenters. The number of thioether (sulfide) groups is 1. The minimum Gasteiger partial charge on any atom is -0.384 e. The lowest BCUT2D eigenvalue weighted by Crippen LogP contribution is -2.02. The van der Waals surface area contributed by atoms with Crippen LogP contribution in [0.4, 0.5) is 0 Å². The molecule has 0 aliphatic rings. The summed E-state index contributed by atoms with van der Waals surface area (Å²) in [5.41, 5.74) is 6.65. The number of nitrogens with zero attached hydrogens (tertiary/aromatic N) is 1. The molecule has 1 rings (SSSR count). The molecule has 0 saturated carbocycles. The van der Waals surface area contributed by atoms with E-state index >= 15 is 0 Å². The molecule has 0 aromatic carbocycles. The van der Waals surface area contributed by atoms with Crippen LogP contribution in [0.5, 0.6) is 0 Å². The van der Waals surface area contributed by atoms with Crippen LogP contribution in [0.1, 0.15) is 5.56 Å². The Labute approximate surface area is 89.1 Å². The summed E-state index contributed by atoms with van der Waals surface area (Å²) < 4.78 is 4.96. The van der Waals surface area contributed by atoms with Gasteiger partial charge in [-0.2, -0.15) is 0 Å². The molecule has 2 N–H and O–H groups in total. The van der Waals surface area contributed by atoms with E-state index in [2.05, 4.69) is 11.1 Å². The van der Waals surface area contributed by atoms with Crippen molar-refractivity contribution in [3.05, 3.63) is 23.9 Å². The monoisotopic (exact) mass is 212 g/mol. The fraction of sp³-hybridized carbons (Fsp3) is 0.500. The maximum Gasteiger partial charge on any atom is 0.0960 e. The molecular formula is C10H16N2OS. The number of methoxy groups -OCH3 is 1. The van der Waals surface area contributed by atoms with Gasteiger partial charge in [-0.05, 0) is 24.6 Å². The van der Waals surface area contributed by atoms with Crippen molar-refractivity contribution in [2.45, 2.75) is 11.4 Å². The zero-order chi connectivity index (χ0) is 10.2. The number of pyridine rings is 1. The van der Waals surface area contributed by atoms with Crippen molar-refractivity contribution in [1.82, 2.24) is 4.98 Å². The Morgan fingerprint density at radius 2 is 2.36 bits per heavy atom. The van der Waals surface area contributed by atoms with Gasteiger partial charge >= 0.3 is 0 Å². The molecule has 4 heteroatoms. The normalized spacial score (nSPS) is 10.4. The number of ether oxygens (including phenoxy) is 1. The van der Waals surface area contributed by atoms with E-state index in [1.165, 1.54) is 5.56 Å². The summed E-state index contributed by atoms with van der Waals surface area (Å²) in [6.45, 7) is 1.44. The summed E-state index contributed by atoms with van der Waals surface area (Å²) >= 11 is 1.70. The van der Waals surface area contributed by atoms with Crippen molar-refractivity contribution in [2.24, 2.45) is 5.73 Å². The van der Waals surface area contributed by atoms with E-state index in [0.29, 0.717) is 6.54 Å². The molecule has 1 aromatic heterocycles. The van der Waals surface area contributed by atoms with E-state index in [0.717, 1.165) is 23.8 Å². The zero-order valence-electron chi connectivity index (χ0n) is 8.40. The highest BCUT2D eigenvalue weighted by Crippen LogP contribution is 2.14. The Morgan fingerprint density at radius 1 is 1.50 bits per heavy atom. The Morgan fingerprint density at radius 3 is 2.93 bits per heavy atom. The molecule has 0 unspecified atom stereocenters. The van der Waals surface area contributed by atoms with Gasteiger partial charge in [-0.1, -0.05) is 6.07 Å². The van der Waals surface area contributed by atoms with Gasteiger partial charge in [0.25, 0.3) is 0 Å². The van der Waals surface area contributed by atoms with Crippen LogP contribution in [0.25, 0.3) is 0 Å². The summed E-state index contributed by atoms with van der Waals surface area (Å²) in [7, 11) is 1.71. The third kappa shape index (κ3) is 4.09. The molecule has 0 amide bonds. The Hall–Kier alpha value is -0.580. The minimum atomic E-state index is 0.678. The van der Waals surface area contributed by atoms with Crippen molar-refractivity contribution >= 4 is 11.8 Å². The van der Waals surface area contributed by atoms with Crippen LogP contribution >= 0.6 is 11.8 Å². The first kappa shape index (κ1) is 11.5. The second kappa shape index (κ2) is 6.81. The lowest BCUT2D eigenvalue weighted by atomic mass is 10.2. The number of aromatic nitrogens is 1. The Bertz CT molecular complexity index is 251. The van der Waals surface area contributed by atoms with Gasteiger partial charge in [0.1, 0.15) is 0 Å². The molecule has 0 radical (unpaired) electrons. The highest BCUT2D eigenvalue weighted by Gasteiger charge is 1.96. The molecule has 0 aliphatic heterocycles. The summed E-state index contributed by atoms with van der Waals surface area (Å²) in [6.07, 6.45) is 2.79. The maximum absolute atomic E-state index is 5.45. The lowest BCUT2D eigenvalue weighted by molar-refractivity contribution is 0.218. The molecule has 0 aliphatic carbocycles. The van der Waals surface area contributed by atoms with Gasteiger partial charge in [-0.3, -0.25) is 0 Å². The first-order valence-electron chi connectivity index (χ1n) is 4.63. The van der Waals surface area contributed by atoms with Gasteiger partial charge < -0.3 is 10.5 Å². The zero-order valence-corrected chi connectivity index (χ0v) is 9.22. The Kier molecular flexibility index (Phi) is 5.59. The number of hydrogen-bond donors (Lipinski definition) is 1. The second-order valence-electron chi connectivity index (χ2n) is 2.88. The van der Waals surface area contributed by atoms with Gasteiger partial charge in [0.2, 0.25) is 0 Å². The quantitative estimate of drug-likeness (QED) is 0.571. The van der Waals surface area contributed by atoms with Crippen LogP contribution in [0.3, 0.4) is 0 Å². The molecule has 78 valence electrons. The Balaban J connectivity index is 2.38.